The average Bonchev–Trinajstić information content (AvgIpc) is 3.37. The van der Waals surface area contributed by atoms with E-state index in [2.05, 4.69) is 15.6 Å². The fraction of sp³-hybridized carbons (Fsp3) is 0. The highest BCUT2D eigenvalue weighted by Crippen LogP contribution is 2.32. The minimum Gasteiger partial charge on any atom is -0.423 e. The second kappa shape index (κ2) is 9.42. The number of nitrogens with one attached hydrogen (secondary N) is 1. The maximum Gasteiger partial charge on any atom is 0.345 e. The molecule has 0 spiro atoms. The Bertz CT molecular complexity index is 1790. The number of nitrogens with zero attached hydrogens (tertiary/aromatic N) is 3. The number of hydrogen-bond donors (Lipinski definition) is 1. The van der Waals surface area contributed by atoms with E-state index in [1.165, 1.54) is 4.68 Å². The monoisotopic (exact) mass is 520 g/mol. The number of aromatic nitrogens is 3. The number of halogens is 1. The lowest BCUT2D eigenvalue weighted by Gasteiger charge is -2.22. The summed E-state index contributed by atoms with van der Waals surface area (Å²) in [6, 6.07) is 26.9. The Morgan fingerprint density at radius 2 is 1.45 bits per heavy atom. The second-order valence-corrected chi connectivity index (χ2v) is 8.84. The van der Waals surface area contributed by atoms with Gasteiger partial charge in [-0.25, -0.2) is 9.48 Å². The third kappa shape index (κ3) is 4.03. The summed E-state index contributed by atoms with van der Waals surface area (Å²) in [6.07, 6.45) is 0. The number of carbonyl (C=O) groups excluding carboxylic acids is 3. The van der Waals surface area contributed by atoms with Gasteiger partial charge in [0.2, 0.25) is 11.6 Å². The molecule has 0 saturated heterocycles. The molecule has 0 aliphatic heterocycles. The van der Waals surface area contributed by atoms with Gasteiger partial charge in [0.1, 0.15) is 22.7 Å². The number of ether oxygens (including phenoxy) is 1. The molecule has 0 atom stereocenters. The number of benzene rings is 4. The van der Waals surface area contributed by atoms with Gasteiger partial charge < -0.3 is 10.1 Å². The van der Waals surface area contributed by atoms with Gasteiger partial charge in [0.15, 0.2) is 0 Å². The first-order valence-corrected chi connectivity index (χ1v) is 12.0. The van der Waals surface area contributed by atoms with Crippen molar-refractivity contribution in [2.75, 3.05) is 5.32 Å². The second-order valence-electron chi connectivity index (χ2n) is 8.44. The molecule has 0 saturated carbocycles. The van der Waals surface area contributed by atoms with E-state index in [1.54, 1.807) is 84.9 Å². The molecule has 1 aliphatic carbocycles. The molecular weight excluding hydrogens is 504 g/mol. The molecule has 1 aromatic heterocycles. The largest absolute Gasteiger partial charge is 0.423 e. The van der Waals surface area contributed by atoms with Crippen LogP contribution in [0.1, 0.15) is 31.1 Å². The Balaban J connectivity index is 1.37. The molecule has 4 aromatic carbocycles. The number of rotatable bonds is 5. The Kier molecular flexibility index (Phi) is 5.78. The van der Waals surface area contributed by atoms with Crippen LogP contribution < -0.4 is 10.1 Å². The number of para-hydroxylation sites is 1. The maximum atomic E-state index is 13.6. The molecule has 0 unspecified atom stereocenters. The van der Waals surface area contributed by atoms with E-state index in [0.29, 0.717) is 27.8 Å². The van der Waals surface area contributed by atoms with Crippen LogP contribution in [0.25, 0.3) is 16.7 Å². The van der Waals surface area contributed by atoms with Crippen molar-refractivity contribution in [3.05, 3.63) is 124 Å². The summed E-state index contributed by atoms with van der Waals surface area (Å²) in [7, 11) is 0. The fourth-order valence-electron chi connectivity index (χ4n) is 4.25. The van der Waals surface area contributed by atoms with E-state index in [4.69, 9.17) is 16.3 Å². The van der Waals surface area contributed by atoms with Crippen molar-refractivity contribution < 1.29 is 19.1 Å². The Labute approximate surface area is 221 Å². The number of carbonyl (C=O) groups is 3. The van der Waals surface area contributed by atoms with Crippen LogP contribution in [0.4, 0.5) is 5.69 Å². The van der Waals surface area contributed by atoms with Crippen LogP contribution in [0, 0.1) is 0 Å². The number of esters is 1. The molecule has 0 bridgehead atoms. The molecule has 1 N–H and O–H groups in total. The minimum atomic E-state index is -0.593. The molecule has 38 heavy (non-hydrogen) atoms. The van der Waals surface area contributed by atoms with Crippen molar-refractivity contribution in [2.45, 2.75) is 0 Å². The first-order chi connectivity index (χ1) is 18.5. The Morgan fingerprint density at radius 3 is 2.21 bits per heavy atom. The minimum absolute atomic E-state index is 0.0603. The number of allylic oxidation sites excluding steroid dienone is 2. The van der Waals surface area contributed by atoms with Crippen LogP contribution in [-0.2, 0) is 0 Å². The number of Topliss-reactive ketones (excluding diaryl/α,β-unsaturated/α-hetero) is 2. The number of ketones is 2. The molecule has 6 rings (SSSR count). The van der Waals surface area contributed by atoms with Gasteiger partial charge >= 0.3 is 5.97 Å². The topological polar surface area (TPSA) is 103 Å². The van der Waals surface area contributed by atoms with E-state index in [1.807, 2.05) is 12.1 Å². The lowest BCUT2D eigenvalue weighted by atomic mass is 9.90. The molecule has 1 heterocycles. The number of fused-ring (bicyclic) bond motifs is 2. The molecule has 0 fully saturated rings. The SMILES string of the molecule is O=C(Oc1ccc(NC2=C(n3nnc4ccccc43)C(=O)c3ccccc3C2=O)cc1)c1ccccc1Cl. The van der Waals surface area contributed by atoms with Crippen molar-refractivity contribution in [3.63, 3.8) is 0 Å². The number of hydrogen-bond acceptors (Lipinski definition) is 7. The third-order valence-electron chi connectivity index (χ3n) is 6.09. The lowest BCUT2D eigenvalue weighted by molar-refractivity contribution is 0.0734. The molecule has 1 aliphatic rings. The Morgan fingerprint density at radius 1 is 0.789 bits per heavy atom. The highest BCUT2D eigenvalue weighted by molar-refractivity contribution is 6.38. The van der Waals surface area contributed by atoms with Crippen LogP contribution in [-0.4, -0.2) is 32.5 Å². The van der Waals surface area contributed by atoms with Crippen molar-refractivity contribution in [3.8, 4) is 5.75 Å². The van der Waals surface area contributed by atoms with Crippen LogP contribution in [0.2, 0.25) is 5.02 Å². The van der Waals surface area contributed by atoms with Gasteiger partial charge in [-0.3, -0.25) is 9.59 Å². The zero-order valence-corrected chi connectivity index (χ0v) is 20.3. The molecule has 9 heteroatoms. The summed E-state index contributed by atoms with van der Waals surface area (Å²) in [5, 5.41) is 11.7. The van der Waals surface area contributed by atoms with E-state index in [-0.39, 0.29) is 39.3 Å². The van der Waals surface area contributed by atoms with Crippen LogP contribution in [0.5, 0.6) is 5.75 Å². The summed E-state index contributed by atoms with van der Waals surface area (Å²) >= 11 is 6.09. The summed E-state index contributed by atoms with van der Waals surface area (Å²) in [4.78, 5) is 39.7. The summed E-state index contributed by atoms with van der Waals surface area (Å²) in [6.45, 7) is 0. The van der Waals surface area contributed by atoms with E-state index < -0.39 is 5.97 Å². The molecule has 0 radical (unpaired) electrons. The number of anilines is 1. The maximum absolute atomic E-state index is 13.6. The quantitative estimate of drug-likeness (QED) is 0.235. The van der Waals surface area contributed by atoms with Crippen LogP contribution in [0.15, 0.2) is 103 Å². The van der Waals surface area contributed by atoms with Gasteiger partial charge in [0.05, 0.1) is 16.1 Å². The van der Waals surface area contributed by atoms with Gasteiger partial charge in [-0.05, 0) is 48.5 Å². The van der Waals surface area contributed by atoms with Crippen molar-refractivity contribution in [1.29, 1.82) is 0 Å². The van der Waals surface area contributed by atoms with Gasteiger partial charge in [-0.15, -0.1) is 5.10 Å². The zero-order chi connectivity index (χ0) is 26.2. The molecule has 0 amide bonds. The summed E-state index contributed by atoms with van der Waals surface area (Å²) in [5.41, 5.74) is 2.63. The summed E-state index contributed by atoms with van der Waals surface area (Å²) < 4.78 is 6.82. The van der Waals surface area contributed by atoms with E-state index in [0.717, 1.165) is 0 Å². The van der Waals surface area contributed by atoms with E-state index >= 15 is 0 Å². The van der Waals surface area contributed by atoms with Crippen LogP contribution in [0.3, 0.4) is 0 Å². The highest BCUT2D eigenvalue weighted by Gasteiger charge is 2.34. The molecule has 8 nitrogen and oxygen atoms in total. The van der Waals surface area contributed by atoms with Gasteiger partial charge in [-0.2, -0.15) is 0 Å². The zero-order valence-electron chi connectivity index (χ0n) is 19.6. The molecule has 184 valence electrons. The van der Waals surface area contributed by atoms with Crippen molar-refractivity contribution in [1.82, 2.24) is 15.0 Å². The van der Waals surface area contributed by atoms with Gasteiger partial charge in [-0.1, -0.05) is 65.3 Å². The van der Waals surface area contributed by atoms with Crippen molar-refractivity contribution in [2.24, 2.45) is 0 Å². The lowest BCUT2D eigenvalue weighted by Crippen LogP contribution is -2.28. The first-order valence-electron chi connectivity index (χ1n) is 11.6. The normalized spacial score (nSPS) is 13.0. The highest BCUT2D eigenvalue weighted by atomic mass is 35.5. The smallest absolute Gasteiger partial charge is 0.345 e. The predicted molar refractivity (Wildman–Crippen MR) is 142 cm³/mol. The first kappa shape index (κ1) is 23.3. The molecular formula is C29H17ClN4O4. The predicted octanol–water partition coefficient (Wildman–Crippen LogP) is 5.66. The van der Waals surface area contributed by atoms with Crippen molar-refractivity contribution >= 4 is 51.6 Å². The third-order valence-corrected chi connectivity index (χ3v) is 6.42. The fourth-order valence-corrected chi connectivity index (χ4v) is 4.47. The van der Waals surface area contributed by atoms with Crippen LogP contribution >= 0.6 is 11.6 Å². The molecule has 5 aromatic rings. The standard InChI is InChI=1S/C29H17ClN4O4/c30-22-10-4-3-9-21(22)29(37)38-18-15-13-17(14-16-18)31-25-26(34-24-12-6-5-11-23(24)32-33-34)28(36)20-8-2-1-7-19(20)27(25)35/h1-16,31H. The van der Waals surface area contributed by atoms with E-state index in [9.17, 15) is 14.4 Å². The average molecular weight is 521 g/mol. The Hall–Kier alpha value is -5.08. The van der Waals surface area contributed by atoms with Gasteiger partial charge in [0.25, 0.3) is 0 Å². The van der Waals surface area contributed by atoms with Gasteiger partial charge in [0, 0.05) is 16.8 Å². The summed E-state index contributed by atoms with van der Waals surface area (Å²) in [5.74, 6) is -1.02.